The molecule has 0 spiro atoms. The number of carbonyl (C=O) groups excluding carboxylic acids is 1. The maximum atomic E-state index is 12.5. The quantitative estimate of drug-likeness (QED) is 0.240. The van der Waals surface area contributed by atoms with Gasteiger partial charge in [0.2, 0.25) is 0 Å². The molecule has 0 fully saturated rings. The lowest BCUT2D eigenvalue weighted by atomic mass is 10.2. The van der Waals surface area contributed by atoms with E-state index < -0.39 is 11.9 Å². The number of thiazole rings is 1. The van der Waals surface area contributed by atoms with E-state index in [1.807, 2.05) is 6.07 Å². The molecule has 1 aromatic heterocycles. The molecule has 11 heteroatoms. The van der Waals surface area contributed by atoms with Crippen LogP contribution in [-0.2, 0) is 12.7 Å². The van der Waals surface area contributed by atoms with Gasteiger partial charge in [-0.15, -0.1) is 35.3 Å². The maximum absolute atomic E-state index is 12.5. The summed E-state index contributed by atoms with van der Waals surface area (Å²) >= 11 is 0.925. The number of halogens is 4. The lowest BCUT2D eigenvalue weighted by Gasteiger charge is -2.11. The third-order valence-electron chi connectivity index (χ3n) is 3.21. The largest absolute Gasteiger partial charge is 0.434 e. The van der Waals surface area contributed by atoms with Crippen LogP contribution >= 0.6 is 35.3 Å². The molecule has 1 aromatic carbocycles. The summed E-state index contributed by atoms with van der Waals surface area (Å²) in [6.45, 7) is 0.893. The van der Waals surface area contributed by atoms with E-state index in [1.54, 1.807) is 31.3 Å². The van der Waals surface area contributed by atoms with Crippen LogP contribution in [0.5, 0.6) is 0 Å². The molecule has 0 atom stereocenters. The minimum atomic E-state index is -4.44. The van der Waals surface area contributed by atoms with Gasteiger partial charge in [-0.05, 0) is 12.1 Å². The van der Waals surface area contributed by atoms with Crippen LogP contribution in [0.25, 0.3) is 0 Å². The lowest BCUT2D eigenvalue weighted by molar-refractivity contribution is -0.140. The first-order valence-corrected chi connectivity index (χ1v) is 8.57. The fraction of sp³-hybridized carbons (Fsp3) is 0.312. The summed E-state index contributed by atoms with van der Waals surface area (Å²) in [5.74, 6) is 0.223. The van der Waals surface area contributed by atoms with Crippen molar-refractivity contribution >= 4 is 47.2 Å². The summed E-state index contributed by atoms with van der Waals surface area (Å²) in [6.07, 6.45) is -4.44. The third-order valence-corrected chi connectivity index (χ3v) is 4.06. The number of aromatic nitrogens is 1. The summed E-state index contributed by atoms with van der Waals surface area (Å²) in [5.41, 5.74) is -0.329. The molecule has 3 N–H and O–H groups in total. The maximum Gasteiger partial charge on any atom is 0.434 e. The van der Waals surface area contributed by atoms with E-state index in [1.165, 1.54) is 0 Å². The number of rotatable bonds is 6. The van der Waals surface area contributed by atoms with E-state index in [4.69, 9.17) is 0 Å². The van der Waals surface area contributed by atoms with E-state index >= 15 is 0 Å². The van der Waals surface area contributed by atoms with E-state index in [9.17, 15) is 18.0 Å². The van der Waals surface area contributed by atoms with Crippen molar-refractivity contribution in [2.45, 2.75) is 12.7 Å². The molecule has 6 nitrogen and oxygen atoms in total. The fourth-order valence-electron chi connectivity index (χ4n) is 1.95. The van der Waals surface area contributed by atoms with Crippen molar-refractivity contribution in [1.82, 2.24) is 20.9 Å². The molecule has 1 amide bonds. The van der Waals surface area contributed by atoms with Crippen LogP contribution in [0.1, 0.15) is 21.1 Å². The van der Waals surface area contributed by atoms with Crippen molar-refractivity contribution in [3.63, 3.8) is 0 Å². The minimum absolute atomic E-state index is 0. The molecule has 27 heavy (non-hydrogen) atoms. The molecule has 0 unspecified atom stereocenters. The highest BCUT2D eigenvalue weighted by molar-refractivity contribution is 14.0. The van der Waals surface area contributed by atoms with Crippen molar-refractivity contribution in [2.75, 3.05) is 20.1 Å². The highest BCUT2D eigenvalue weighted by Crippen LogP contribution is 2.29. The van der Waals surface area contributed by atoms with Crippen molar-refractivity contribution in [3.8, 4) is 0 Å². The molecule has 0 aliphatic heterocycles. The molecular weight excluding hydrogens is 494 g/mol. The van der Waals surface area contributed by atoms with E-state index in [0.29, 0.717) is 29.6 Å². The Morgan fingerprint density at radius 3 is 2.41 bits per heavy atom. The number of alkyl halides is 3. The van der Waals surface area contributed by atoms with Gasteiger partial charge in [0.25, 0.3) is 5.91 Å². The van der Waals surface area contributed by atoms with Gasteiger partial charge < -0.3 is 16.0 Å². The molecular formula is C16H19F3IN5OS. The Labute approximate surface area is 175 Å². The highest BCUT2D eigenvalue weighted by atomic mass is 127. The average molecular weight is 513 g/mol. The monoisotopic (exact) mass is 513 g/mol. The van der Waals surface area contributed by atoms with Crippen molar-refractivity contribution in [1.29, 1.82) is 0 Å². The summed E-state index contributed by atoms with van der Waals surface area (Å²) in [4.78, 5) is 19.4. The van der Waals surface area contributed by atoms with Crippen molar-refractivity contribution < 1.29 is 18.0 Å². The predicted molar refractivity (Wildman–Crippen MR) is 110 cm³/mol. The van der Waals surface area contributed by atoms with Crippen LogP contribution in [0.2, 0.25) is 0 Å². The molecule has 0 radical (unpaired) electrons. The standard InChI is InChI=1S/C16H18F3N5OS.HI/c1-20-15(23-9-13-24-12(10-26-13)16(17,18)19)22-8-7-21-14(25)11-5-3-2-4-6-11;/h2-6,10H,7-9H2,1H3,(H,21,25)(H2,20,22,23);1H. The summed E-state index contributed by atoms with van der Waals surface area (Å²) in [6, 6.07) is 8.82. The molecule has 0 saturated carbocycles. The fourth-order valence-corrected chi connectivity index (χ4v) is 2.69. The molecule has 0 aliphatic rings. The smallest absolute Gasteiger partial charge is 0.355 e. The highest BCUT2D eigenvalue weighted by Gasteiger charge is 2.33. The second-order valence-electron chi connectivity index (χ2n) is 5.10. The number of hydrogen-bond acceptors (Lipinski definition) is 4. The van der Waals surface area contributed by atoms with Gasteiger partial charge in [-0.2, -0.15) is 13.2 Å². The predicted octanol–water partition coefficient (Wildman–Crippen LogP) is 2.87. The van der Waals surface area contributed by atoms with Crippen LogP contribution < -0.4 is 16.0 Å². The van der Waals surface area contributed by atoms with Gasteiger partial charge in [-0.3, -0.25) is 9.79 Å². The Kier molecular flexibility index (Phi) is 9.49. The number of nitrogens with zero attached hydrogens (tertiary/aromatic N) is 2. The Hall–Kier alpha value is -1.89. The molecule has 0 bridgehead atoms. The summed E-state index contributed by atoms with van der Waals surface area (Å²) in [5, 5.41) is 9.87. The first-order valence-electron chi connectivity index (χ1n) is 7.69. The second-order valence-corrected chi connectivity index (χ2v) is 6.04. The number of amides is 1. The third kappa shape index (κ3) is 7.71. The van der Waals surface area contributed by atoms with Crippen molar-refractivity contribution in [3.05, 3.63) is 52.0 Å². The second kappa shape index (κ2) is 11.1. The van der Waals surface area contributed by atoms with E-state index in [-0.39, 0.29) is 36.4 Å². The van der Waals surface area contributed by atoms with Crippen molar-refractivity contribution in [2.24, 2.45) is 4.99 Å². The topological polar surface area (TPSA) is 78.4 Å². The number of guanidine groups is 1. The van der Waals surface area contributed by atoms with Crippen LogP contribution in [0.4, 0.5) is 13.2 Å². The van der Waals surface area contributed by atoms with E-state index in [0.717, 1.165) is 16.7 Å². The Morgan fingerprint density at radius 1 is 1.15 bits per heavy atom. The number of hydrogen-bond donors (Lipinski definition) is 3. The number of benzene rings is 1. The molecule has 0 aliphatic carbocycles. The summed E-state index contributed by atoms with van der Waals surface area (Å²) in [7, 11) is 1.54. The lowest BCUT2D eigenvalue weighted by Crippen LogP contribution is -2.41. The van der Waals surface area contributed by atoms with Gasteiger partial charge in [-0.25, -0.2) is 4.98 Å². The molecule has 0 saturated heterocycles. The van der Waals surface area contributed by atoms with Crippen LogP contribution in [-0.4, -0.2) is 37.0 Å². The molecule has 1 heterocycles. The van der Waals surface area contributed by atoms with Crippen LogP contribution in [0.3, 0.4) is 0 Å². The minimum Gasteiger partial charge on any atom is -0.355 e. The summed E-state index contributed by atoms with van der Waals surface area (Å²) < 4.78 is 37.5. The van der Waals surface area contributed by atoms with Gasteiger partial charge in [0.05, 0.1) is 6.54 Å². The molecule has 2 rings (SSSR count). The first-order chi connectivity index (χ1) is 12.4. The Balaban J connectivity index is 0.00000364. The van der Waals surface area contributed by atoms with Gasteiger partial charge >= 0.3 is 6.18 Å². The number of nitrogens with one attached hydrogen (secondary N) is 3. The SMILES string of the molecule is CN=C(NCCNC(=O)c1ccccc1)NCc1nc(C(F)(F)F)cs1.I. The van der Waals surface area contributed by atoms with Gasteiger partial charge in [0, 0.05) is 31.1 Å². The zero-order chi connectivity index (χ0) is 19.0. The first kappa shape index (κ1) is 23.1. The zero-order valence-electron chi connectivity index (χ0n) is 14.3. The molecule has 2 aromatic rings. The van der Waals surface area contributed by atoms with Gasteiger partial charge in [0.15, 0.2) is 11.7 Å². The molecule has 148 valence electrons. The number of aliphatic imine (C=N–C) groups is 1. The zero-order valence-corrected chi connectivity index (χ0v) is 17.5. The van der Waals surface area contributed by atoms with E-state index in [2.05, 4.69) is 25.9 Å². The number of carbonyl (C=O) groups is 1. The average Bonchev–Trinajstić information content (AvgIpc) is 3.11. The van der Waals surface area contributed by atoms with Crippen LogP contribution in [0.15, 0.2) is 40.7 Å². The van der Waals surface area contributed by atoms with Gasteiger partial charge in [-0.1, -0.05) is 18.2 Å². The van der Waals surface area contributed by atoms with Gasteiger partial charge in [0.1, 0.15) is 5.01 Å². The Bertz CT molecular complexity index is 752. The Morgan fingerprint density at radius 2 is 1.81 bits per heavy atom. The van der Waals surface area contributed by atoms with Crippen LogP contribution in [0, 0.1) is 0 Å². The normalized spacial score (nSPS) is 11.5.